The van der Waals surface area contributed by atoms with Gasteiger partial charge >= 0.3 is 12.1 Å². The fraction of sp³-hybridized carbons (Fsp3) is 0.182. The van der Waals surface area contributed by atoms with Crippen molar-refractivity contribution in [2.45, 2.75) is 11.1 Å². The molecule has 0 N–H and O–H groups in total. The molecule has 0 radical (unpaired) electrons. The van der Waals surface area contributed by atoms with E-state index in [-0.39, 0.29) is 5.69 Å². The molecular weight excluding hydrogens is 251 g/mol. The summed E-state index contributed by atoms with van der Waals surface area (Å²) in [6, 6.07) is 7.07. The van der Waals surface area contributed by atoms with E-state index in [4.69, 9.17) is 0 Å². The molecule has 0 spiro atoms. The number of thioether (sulfide) groups is 1. The van der Waals surface area contributed by atoms with Crippen molar-refractivity contribution in [3.63, 3.8) is 0 Å². The van der Waals surface area contributed by atoms with Gasteiger partial charge in [0.25, 0.3) is 0 Å². The summed E-state index contributed by atoms with van der Waals surface area (Å²) < 4.78 is 41.2. The van der Waals surface area contributed by atoms with Crippen molar-refractivity contribution in [2.24, 2.45) is 0 Å². The van der Waals surface area contributed by atoms with Gasteiger partial charge in [0.15, 0.2) is 0 Å². The highest BCUT2D eigenvalue weighted by molar-refractivity contribution is 7.98. The Balaban J connectivity index is 2.30. The third-order valence-electron chi connectivity index (χ3n) is 2.13. The highest BCUT2D eigenvalue weighted by Crippen LogP contribution is 2.31. The second-order valence-corrected chi connectivity index (χ2v) is 4.14. The average Bonchev–Trinajstić information content (AvgIpc) is 2.78. The first-order valence-corrected chi connectivity index (χ1v) is 5.90. The Bertz CT molecular complexity index is 504. The largest absolute Gasteiger partial charge is 0.468 e. The molecule has 0 bridgehead atoms. The minimum Gasteiger partial charge on any atom is -0.441 e. The van der Waals surface area contributed by atoms with Crippen LogP contribution in [0.1, 0.15) is 5.89 Å². The lowest BCUT2D eigenvalue weighted by Crippen LogP contribution is -2.04. The smallest absolute Gasteiger partial charge is 0.441 e. The molecule has 0 fully saturated rings. The molecule has 0 aliphatic rings. The van der Waals surface area contributed by atoms with Gasteiger partial charge < -0.3 is 4.42 Å². The number of oxazole rings is 1. The molecule has 2 rings (SSSR count). The Hall–Kier alpha value is -1.43. The Morgan fingerprint density at radius 1 is 1.18 bits per heavy atom. The molecule has 0 aliphatic heterocycles. The lowest BCUT2D eigenvalue weighted by atomic mass is 10.2. The number of hydrogen-bond donors (Lipinski definition) is 0. The van der Waals surface area contributed by atoms with Crippen molar-refractivity contribution in [2.75, 3.05) is 6.26 Å². The van der Waals surface area contributed by atoms with Crippen molar-refractivity contribution in [1.29, 1.82) is 0 Å². The number of benzene rings is 1. The van der Waals surface area contributed by atoms with Crippen molar-refractivity contribution >= 4 is 11.8 Å². The van der Waals surface area contributed by atoms with Crippen LogP contribution in [0.2, 0.25) is 0 Å². The summed E-state index contributed by atoms with van der Waals surface area (Å²) in [5, 5.41) is 0. The first kappa shape index (κ1) is 12.0. The van der Waals surface area contributed by atoms with E-state index >= 15 is 0 Å². The van der Waals surface area contributed by atoms with Gasteiger partial charge in [-0.25, -0.2) is 4.98 Å². The Morgan fingerprint density at radius 3 is 2.29 bits per heavy atom. The predicted molar refractivity (Wildman–Crippen MR) is 58.7 cm³/mol. The molecule has 1 aromatic heterocycles. The Morgan fingerprint density at radius 2 is 1.82 bits per heavy atom. The van der Waals surface area contributed by atoms with Crippen LogP contribution >= 0.6 is 11.8 Å². The van der Waals surface area contributed by atoms with Gasteiger partial charge in [-0.1, -0.05) is 12.1 Å². The molecule has 0 saturated carbocycles. The van der Waals surface area contributed by atoms with E-state index in [2.05, 4.69) is 9.40 Å². The summed E-state index contributed by atoms with van der Waals surface area (Å²) in [6.07, 6.45) is -1.61. The summed E-state index contributed by atoms with van der Waals surface area (Å²) in [5.41, 5.74) is 0.784. The van der Waals surface area contributed by atoms with Crippen LogP contribution < -0.4 is 0 Å². The van der Waals surface area contributed by atoms with E-state index in [0.717, 1.165) is 11.2 Å². The van der Waals surface area contributed by atoms with Crippen LogP contribution in [0.4, 0.5) is 13.2 Å². The molecule has 0 aliphatic carbocycles. The number of aromatic nitrogens is 1. The van der Waals surface area contributed by atoms with Gasteiger partial charge in [0.1, 0.15) is 12.0 Å². The number of rotatable bonds is 2. The highest BCUT2D eigenvalue weighted by Gasteiger charge is 2.37. The lowest BCUT2D eigenvalue weighted by molar-refractivity contribution is -0.157. The molecule has 17 heavy (non-hydrogen) atoms. The molecule has 1 heterocycles. The van der Waals surface area contributed by atoms with Gasteiger partial charge in [-0.3, -0.25) is 0 Å². The van der Waals surface area contributed by atoms with Crippen LogP contribution in [0.3, 0.4) is 0 Å². The average molecular weight is 259 g/mol. The topological polar surface area (TPSA) is 26.0 Å². The maximum absolute atomic E-state index is 12.3. The Labute approximate surface area is 99.9 Å². The summed E-state index contributed by atoms with van der Waals surface area (Å²) in [7, 11) is 0. The number of hydrogen-bond acceptors (Lipinski definition) is 3. The number of nitrogens with zero attached hydrogens (tertiary/aromatic N) is 1. The predicted octanol–water partition coefficient (Wildman–Crippen LogP) is 4.08. The molecule has 2 nitrogen and oxygen atoms in total. The molecule has 0 amide bonds. The van der Waals surface area contributed by atoms with Gasteiger partial charge in [-0.15, -0.1) is 11.8 Å². The van der Waals surface area contributed by atoms with Crippen molar-refractivity contribution in [3.8, 4) is 11.3 Å². The van der Waals surface area contributed by atoms with E-state index in [1.165, 1.54) is 0 Å². The first-order valence-electron chi connectivity index (χ1n) is 4.68. The fourth-order valence-corrected chi connectivity index (χ4v) is 1.71. The summed E-state index contributed by atoms with van der Waals surface area (Å²) >= 11 is 1.56. The first-order chi connectivity index (χ1) is 8.00. The van der Waals surface area contributed by atoms with Gasteiger partial charge in [-0.2, -0.15) is 13.2 Å². The SMILES string of the molecule is CSc1ccc(-c2coc(C(F)(F)F)n2)cc1. The van der Waals surface area contributed by atoms with Crippen molar-refractivity contribution < 1.29 is 17.6 Å². The lowest BCUT2D eigenvalue weighted by Gasteiger charge is -1.99. The van der Waals surface area contributed by atoms with E-state index in [0.29, 0.717) is 5.56 Å². The molecule has 90 valence electrons. The van der Waals surface area contributed by atoms with Crippen LogP contribution in [0.15, 0.2) is 39.8 Å². The molecule has 1 aromatic carbocycles. The van der Waals surface area contributed by atoms with Crippen LogP contribution in [0.5, 0.6) is 0 Å². The molecule has 0 atom stereocenters. The van der Waals surface area contributed by atoms with Gasteiger partial charge in [0.2, 0.25) is 0 Å². The molecule has 6 heteroatoms. The minimum atomic E-state index is -4.54. The van der Waals surface area contributed by atoms with Gasteiger partial charge in [-0.05, 0) is 18.4 Å². The second-order valence-electron chi connectivity index (χ2n) is 3.26. The monoisotopic (exact) mass is 259 g/mol. The number of alkyl halides is 3. The second kappa shape index (κ2) is 4.44. The Kier molecular flexibility index (Phi) is 3.15. The number of halogens is 3. The third-order valence-corrected chi connectivity index (χ3v) is 2.88. The highest BCUT2D eigenvalue weighted by atomic mass is 32.2. The summed E-state index contributed by atoms with van der Waals surface area (Å²) in [6.45, 7) is 0. The fourth-order valence-electron chi connectivity index (χ4n) is 1.30. The van der Waals surface area contributed by atoms with E-state index in [1.54, 1.807) is 23.9 Å². The van der Waals surface area contributed by atoms with Crippen LogP contribution in [0.25, 0.3) is 11.3 Å². The van der Waals surface area contributed by atoms with E-state index in [9.17, 15) is 13.2 Å². The van der Waals surface area contributed by atoms with Crippen molar-refractivity contribution in [3.05, 3.63) is 36.4 Å². The summed E-state index contributed by atoms with van der Waals surface area (Å²) in [4.78, 5) is 4.44. The standard InChI is InChI=1S/C11H8F3NOS/c1-17-8-4-2-7(3-5-8)9-6-16-10(15-9)11(12,13)14/h2-6H,1H3. The van der Waals surface area contributed by atoms with Crippen molar-refractivity contribution in [1.82, 2.24) is 4.98 Å². The van der Waals surface area contributed by atoms with Crippen LogP contribution in [0, 0.1) is 0 Å². The van der Waals surface area contributed by atoms with Crippen LogP contribution in [-0.2, 0) is 6.18 Å². The molecule has 2 aromatic rings. The summed E-state index contributed by atoms with van der Waals surface area (Å²) in [5.74, 6) is -1.22. The zero-order chi connectivity index (χ0) is 12.5. The van der Waals surface area contributed by atoms with Crippen LogP contribution in [-0.4, -0.2) is 11.2 Å². The molecule has 0 unspecified atom stereocenters. The zero-order valence-electron chi connectivity index (χ0n) is 8.78. The molecule has 0 saturated heterocycles. The quantitative estimate of drug-likeness (QED) is 0.760. The normalized spacial score (nSPS) is 11.8. The van der Waals surface area contributed by atoms with E-state index < -0.39 is 12.1 Å². The maximum atomic E-state index is 12.3. The van der Waals surface area contributed by atoms with Gasteiger partial charge in [0.05, 0.1) is 0 Å². The molecular formula is C11H8F3NOS. The maximum Gasteiger partial charge on any atom is 0.468 e. The third kappa shape index (κ3) is 2.63. The zero-order valence-corrected chi connectivity index (χ0v) is 9.60. The van der Waals surface area contributed by atoms with E-state index in [1.807, 2.05) is 18.4 Å². The minimum absolute atomic E-state index is 0.185. The van der Waals surface area contributed by atoms with Gasteiger partial charge in [0, 0.05) is 10.5 Å².